The zero-order chi connectivity index (χ0) is 14.9. The molecule has 4 aromatic rings. The fraction of sp³-hybridized carbons (Fsp3) is 0. The third-order valence-electron chi connectivity index (χ3n) is 3.46. The Kier molecular flexibility index (Phi) is 3.05. The van der Waals surface area contributed by atoms with Gasteiger partial charge in [0.05, 0.1) is 12.4 Å². The highest BCUT2D eigenvalue weighted by atomic mass is 35.5. The Morgan fingerprint density at radius 3 is 2.59 bits per heavy atom. The third-order valence-corrected chi connectivity index (χ3v) is 3.74. The molecule has 0 saturated carbocycles. The van der Waals surface area contributed by atoms with E-state index in [0.29, 0.717) is 5.15 Å². The highest BCUT2D eigenvalue weighted by molar-refractivity contribution is 6.34. The van der Waals surface area contributed by atoms with Gasteiger partial charge in [-0.2, -0.15) is 10.2 Å². The number of aromatic nitrogens is 5. The Morgan fingerprint density at radius 1 is 0.955 bits per heavy atom. The first-order valence-corrected chi connectivity index (χ1v) is 7.06. The highest BCUT2D eigenvalue weighted by Gasteiger charge is 2.16. The molecule has 106 valence electrons. The van der Waals surface area contributed by atoms with Gasteiger partial charge in [-0.3, -0.25) is 0 Å². The van der Waals surface area contributed by atoms with Crippen LogP contribution < -0.4 is 0 Å². The summed E-state index contributed by atoms with van der Waals surface area (Å²) in [5.41, 5.74) is 4.44. The standard InChI is InChI=1S/C16H10ClN5/c17-16-15-14(18-10-19-16)13(11-6-7-20-21-8-11)9-22(15)12-4-2-1-3-5-12/h1-10H. The van der Waals surface area contributed by atoms with Crippen LogP contribution in [0.2, 0.25) is 5.15 Å². The van der Waals surface area contributed by atoms with Crippen LogP contribution in [0.1, 0.15) is 0 Å². The van der Waals surface area contributed by atoms with Gasteiger partial charge in [0.25, 0.3) is 0 Å². The van der Waals surface area contributed by atoms with Crippen molar-refractivity contribution in [3.63, 3.8) is 0 Å². The molecule has 1 aromatic carbocycles. The number of rotatable bonds is 2. The molecule has 0 amide bonds. The van der Waals surface area contributed by atoms with E-state index in [1.165, 1.54) is 6.33 Å². The van der Waals surface area contributed by atoms with Gasteiger partial charge in [0, 0.05) is 23.0 Å². The molecule has 0 aliphatic rings. The van der Waals surface area contributed by atoms with Gasteiger partial charge >= 0.3 is 0 Å². The van der Waals surface area contributed by atoms with Crippen LogP contribution in [0.5, 0.6) is 0 Å². The topological polar surface area (TPSA) is 56.5 Å². The molecule has 0 spiro atoms. The molecule has 3 heterocycles. The summed E-state index contributed by atoms with van der Waals surface area (Å²) in [7, 11) is 0. The summed E-state index contributed by atoms with van der Waals surface area (Å²) in [5.74, 6) is 0. The van der Waals surface area contributed by atoms with Crippen molar-refractivity contribution in [3.05, 3.63) is 66.5 Å². The maximum atomic E-state index is 6.31. The zero-order valence-electron chi connectivity index (χ0n) is 11.4. The molecule has 3 aromatic heterocycles. The number of benzene rings is 1. The predicted molar refractivity (Wildman–Crippen MR) is 84.9 cm³/mol. The van der Waals surface area contributed by atoms with Crippen LogP contribution >= 0.6 is 11.6 Å². The highest BCUT2D eigenvalue weighted by Crippen LogP contribution is 2.33. The molecule has 0 saturated heterocycles. The molecule has 4 rings (SSSR count). The SMILES string of the molecule is Clc1ncnc2c(-c3ccnnc3)cn(-c3ccccc3)c12. The largest absolute Gasteiger partial charge is 0.312 e. The number of halogens is 1. The molecule has 0 fully saturated rings. The lowest BCUT2D eigenvalue weighted by Gasteiger charge is -2.04. The number of para-hydroxylation sites is 1. The number of fused-ring (bicyclic) bond motifs is 1. The lowest BCUT2D eigenvalue weighted by molar-refractivity contribution is 1.03. The van der Waals surface area contributed by atoms with Crippen LogP contribution in [0.3, 0.4) is 0 Å². The molecule has 0 aliphatic carbocycles. The van der Waals surface area contributed by atoms with Gasteiger partial charge in [0.15, 0.2) is 5.15 Å². The van der Waals surface area contributed by atoms with E-state index >= 15 is 0 Å². The van der Waals surface area contributed by atoms with Crippen molar-refractivity contribution in [2.75, 3.05) is 0 Å². The maximum Gasteiger partial charge on any atom is 0.157 e. The Hall–Kier alpha value is -2.79. The van der Waals surface area contributed by atoms with E-state index < -0.39 is 0 Å². The van der Waals surface area contributed by atoms with Gasteiger partial charge in [0.2, 0.25) is 0 Å². The van der Waals surface area contributed by atoms with Crippen molar-refractivity contribution in [2.24, 2.45) is 0 Å². The Bertz CT molecular complexity index is 935. The average molecular weight is 308 g/mol. The first-order valence-electron chi connectivity index (χ1n) is 6.68. The summed E-state index contributed by atoms with van der Waals surface area (Å²) >= 11 is 6.31. The summed E-state index contributed by atoms with van der Waals surface area (Å²) in [5, 5.41) is 8.17. The predicted octanol–water partition coefficient (Wildman–Crippen LogP) is 3.53. The van der Waals surface area contributed by atoms with E-state index in [1.807, 2.05) is 47.2 Å². The normalized spacial score (nSPS) is 11.0. The van der Waals surface area contributed by atoms with Crippen LogP contribution in [0.4, 0.5) is 0 Å². The molecule has 0 aliphatic heterocycles. The van der Waals surface area contributed by atoms with Gasteiger partial charge in [-0.25, -0.2) is 9.97 Å². The van der Waals surface area contributed by atoms with E-state index in [2.05, 4.69) is 20.2 Å². The van der Waals surface area contributed by atoms with Crippen molar-refractivity contribution in [1.82, 2.24) is 24.7 Å². The van der Waals surface area contributed by atoms with E-state index in [0.717, 1.165) is 27.8 Å². The first kappa shape index (κ1) is 12.9. The van der Waals surface area contributed by atoms with Gasteiger partial charge in [-0.1, -0.05) is 29.8 Å². The van der Waals surface area contributed by atoms with Crippen molar-refractivity contribution in [2.45, 2.75) is 0 Å². The second-order valence-corrected chi connectivity index (χ2v) is 5.10. The number of nitrogens with zero attached hydrogens (tertiary/aromatic N) is 5. The molecule has 0 bridgehead atoms. The molecule has 0 atom stereocenters. The van der Waals surface area contributed by atoms with Gasteiger partial charge in [-0.05, 0) is 18.2 Å². The molecule has 6 heteroatoms. The fourth-order valence-electron chi connectivity index (χ4n) is 2.48. The molecule has 0 unspecified atom stereocenters. The Labute approximate surface area is 131 Å². The van der Waals surface area contributed by atoms with Gasteiger partial charge in [-0.15, -0.1) is 0 Å². The van der Waals surface area contributed by atoms with Crippen LogP contribution in [0.25, 0.3) is 27.8 Å². The van der Waals surface area contributed by atoms with Crippen LogP contribution in [-0.4, -0.2) is 24.7 Å². The molecule has 0 N–H and O–H groups in total. The third kappa shape index (κ3) is 2.03. The second kappa shape index (κ2) is 5.20. The second-order valence-electron chi connectivity index (χ2n) is 4.74. The summed E-state index contributed by atoms with van der Waals surface area (Å²) in [6, 6.07) is 11.8. The summed E-state index contributed by atoms with van der Waals surface area (Å²) in [6.45, 7) is 0. The quantitative estimate of drug-likeness (QED) is 0.532. The van der Waals surface area contributed by atoms with Crippen LogP contribution in [-0.2, 0) is 0 Å². The number of hydrogen-bond donors (Lipinski definition) is 0. The summed E-state index contributed by atoms with van der Waals surface area (Å²) < 4.78 is 1.99. The van der Waals surface area contributed by atoms with Crippen molar-refractivity contribution in [3.8, 4) is 16.8 Å². The average Bonchev–Trinajstić information content (AvgIpc) is 2.98. The lowest BCUT2D eigenvalue weighted by Crippen LogP contribution is -1.93. The molecule has 0 radical (unpaired) electrons. The van der Waals surface area contributed by atoms with Crippen molar-refractivity contribution >= 4 is 22.6 Å². The minimum absolute atomic E-state index is 0.419. The van der Waals surface area contributed by atoms with E-state index in [1.54, 1.807) is 12.4 Å². The number of hydrogen-bond acceptors (Lipinski definition) is 4. The summed E-state index contributed by atoms with van der Waals surface area (Å²) in [4.78, 5) is 8.51. The minimum atomic E-state index is 0.419. The minimum Gasteiger partial charge on any atom is -0.312 e. The fourth-order valence-corrected chi connectivity index (χ4v) is 2.70. The van der Waals surface area contributed by atoms with Crippen molar-refractivity contribution in [1.29, 1.82) is 0 Å². The van der Waals surface area contributed by atoms with Crippen LogP contribution in [0, 0.1) is 0 Å². The van der Waals surface area contributed by atoms with Gasteiger partial charge < -0.3 is 4.57 Å². The van der Waals surface area contributed by atoms with Crippen molar-refractivity contribution < 1.29 is 0 Å². The first-order chi connectivity index (χ1) is 10.8. The van der Waals surface area contributed by atoms with E-state index in [9.17, 15) is 0 Å². The molecular formula is C16H10ClN5. The van der Waals surface area contributed by atoms with E-state index in [-0.39, 0.29) is 0 Å². The zero-order valence-corrected chi connectivity index (χ0v) is 12.1. The Balaban J connectivity index is 2.07. The van der Waals surface area contributed by atoms with Crippen LogP contribution in [0.15, 0.2) is 61.3 Å². The Morgan fingerprint density at radius 2 is 1.82 bits per heavy atom. The lowest BCUT2D eigenvalue weighted by atomic mass is 10.1. The maximum absolute atomic E-state index is 6.31. The molecule has 22 heavy (non-hydrogen) atoms. The summed E-state index contributed by atoms with van der Waals surface area (Å²) in [6.07, 6.45) is 6.83. The van der Waals surface area contributed by atoms with Gasteiger partial charge in [0.1, 0.15) is 17.4 Å². The monoisotopic (exact) mass is 307 g/mol. The van der Waals surface area contributed by atoms with E-state index in [4.69, 9.17) is 11.6 Å². The smallest absolute Gasteiger partial charge is 0.157 e. The molecule has 5 nitrogen and oxygen atoms in total. The molecular weight excluding hydrogens is 298 g/mol.